The number of hydrogen-bond donors (Lipinski definition) is 7. The summed E-state index contributed by atoms with van der Waals surface area (Å²) in [4.78, 5) is 25.6. The highest BCUT2D eigenvalue weighted by molar-refractivity contribution is 8.00. The Labute approximate surface area is 256 Å². The van der Waals surface area contributed by atoms with E-state index in [9.17, 15) is 40.2 Å². The molecule has 1 amide bonds. The van der Waals surface area contributed by atoms with E-state index < -0.39 is 78.6 Å². The van der Waals surface area contributed by atoms with Crippen molar-refractivity contribution in [2.24, 2.45) is 5.92 Å². The lowest BCUT2D eigenvalue weighted by molar-refractivity contribution is -0.186. The van der Waals surface area contributed by atoms with Gasteiger partial charge in [-0.1, -0.05) is 88.0 Å². The summed E-state index contributed by atoms with van der Waals surface area (Å²) in [6.07, 6.45) is -8.25. The van der Waals surface area contributed by atoms with Crippen molar-refractivity contribution in [2.45, 2.75) is 87.7 Å². The molecule has 43 heavy (non-hydrogen) atoms. The lowest BCUT2D eigenvalue weighted by Gasteiger charge is -2.46. The number of aliphatic hydroxyl groups is 6. The van der Waals surface area contributed by atoms with Crippen LogP contribution in [0.15, 0.2) is 60.7 Å². The molecular weight excluding hydrogens is 578 g/mol. The van der Waals surface area contributed by atoms with E-state index in [0.717, 1.165) is 11.8 Å². The van der Waals surface area contributed by atoms with Gasteiger partial charge in [0.25, 0.3) is 5.91 Å². The molecule has 0 aromatic heterocycles. The molecule has 4 rings (SSSR count). The molecule has 0 aliphatic carbocycles. The van der Waals surface area contributed by atoms with Crippen molar-refractivity contribution in [2.75, 3.05) is 13.2 Å². The van der Waals surface area contributed by atoms with Crippen molar-refractivity contribution in [1.82, 2.24) is 5.32 Å². The largest absolute Gasteiger partial charge is 0.394 e. The fraction of sp³-hybridized carbons (Fsp3) is 0.548. The lowest BCUT2D eigenvalue weighted by atomic mass is 9.84. The van der Waals surface area contributed by atoms with Crippen molar-refractivity contribution in [3.63, 3.8) is 0 Å². The van der Waals surface area contributed by atoms with Gasteiger partial charge in [-0.25, -0.2) is 0 Å². The number of amides is 1. The number of aliphatic hydroxyl groups excluding tert-OH is 6. The summed E-state index contributed by atoms with van der Waals surface area (Å²) in [5.74, 6) is -1.88. The van der Waals surface area contributed by atoms with Gasteiger partial charge in [0, 0.05) is 23.5 Å². The summed E-state index contributed by atoms with van der Waals surface area (Å²) in [6, 6.07) is 15.3. The summed E-state index contributed by atoms with van der Waals surface area (Å²) in [7, 11) is 0. The fourth-order valence-corrected chi connectivity index (χ4v) is 6.17. The first-order chi connectivity index (χ1) is 20.7. The van der Waals surface area contributed by atoms with Crippen molar-refractivity contribution in [3.8, 4) is 0 Å². The molecule has 240 valence electrons. The van der Waals surface area contributed by atoms with Gasteiger partial charge in [0.05, 0.1) is 31.5 Å². The summed E-state index contributed by atoms with van der Waals surface area (Å²) in [5.41, 5.74) is -1.67. The Bertz CT molecular complexity index is 1010. The maximum Gasteiger partial charge on any atom is 0.251 e. The first-order valence-corrected chi connectivity index (χ1v) is 15.5. The number of nitrogens with one attached hydrogen (secondary N) is 1. The Balaban J connectivity index is 0.00000155. The van der Waals surface area contributed by atoms with Gasteiger partial charge in [-0.05, 0) is 12.1 Å². The second-order valence-corrected chi connectivity index (χ2v) is 10.8. The molecule has 0 bridgehead atoms. The van der Waals surface area contributed by atoms with Crippen LogP contribution in [0.25, 0.3) is 0 Å². The van der Waals surface area contributed by atoms with E-state index in [1.165, 1.54) is 0 Å². The van der Waals surface area contributed by atoms with Crippen LogP contribution in [-0.2, 0) is 9.47 Å². The van der Waals surface area contributed by atoms with Gasteiger partial charge in [0.2, 0.25) is 0 Å². The Hall–Kier alpha value is -2.39. The second-order valence-electron chi connectivity index (χ2n) is 9.57. The predicted octanol–water partition coefficient (Wildman–Crippen LogP) is 1.34. The van der Waals surface area contributed by atoms with Crippen LogP contribution in [0.3, 0.4) is 0 Å². The number of carbonyl (C=O) groups is 2. The number of thioether (sulfide) groups is 1. The van der Waals surface area contributed by atoms with Crippen molar-refractivity contribution >= 4 is 23.5 Å². The first-order valence-electron chi connectivity index (χ1n) is 14.6. The number of ether oxygens (including phenoxy) is 2. The van der Waals surface area contributed by atoms with Crippen LogP contribution in [0.4, 0.5) is 0 Å². The van der Waals surface area contributed by atoms with E-state index in [2.05, 4.69) is 5.32 Å². The summed E-state index contributed by atoms with van der Waals surface area (Å²) < 4.78 is 11.4. The highest BCUT2D eigenvalue weighted by Crippen LogP contribution is 2.39. The molecule has 0 spiro atoms. The van der Waals surface area contributed by atoms with Gasteiger partial charge in [-0.3, -0.25) is 9.59 Å². The normalized spacial score (nSPS) is 31.9. The highest BCUT2D eigenvalue weighted by Gasteiger charge is 2.50. The molecule has 0 radical (unpaired) electrons. The van der Waals surface area contributed by atoms with Crippen LogP contribution in [0.5, 0.6) is 0 Å². The van der Waals surface area contributed by atoms with Gasteiger partial charge in [0.15, 0.2) is 5.78 Å². The Morgan fingerprint density at radius 2 is 1.16 bits per heavy atom. The van der Waals surface area contributed by atoms with E-state index in [-0.39, 0.29) is 12.2 Å². The molecule has 10 atom stereocenters. The van der Waals surface area contributed by atoms with Gasteiger partial charge in [-0.2, -0.15) is 0 Å². The minimum absolute atomic E-state index is 0.231. The van der Waals surface area contributed by atoms with Crippen molar-refractivity contribution in [3.05, 3.63) is 71.8 Å². The minimum atomic E-state index is -1.50. The van der Waals surface area contributed by atoms with E-state index in [0.29, 0.717) is 11.1 Å². The third kappa shape index (κ3) is 9.30. The SMILES string of the molecule is CC.CC.O=C(C[C@@H]1C(O)[C@H](S[C@@H]2O[C@H](CO)C(O)C(NC(=O)c3ccccc3)[C@H]2O)OC(CO)[C@@H]1O)c1ccccc1. The fourth-order valence-electron chi connectivity index (χ4n) is 4.80. The summed E-state index contributed by atoms with van der Waals surface area (Å²) >= 11 is 0.802. The molecule has 2 aliphatic rings. The lowest BCUT2D eigenvalue weighted by Crippen LogP contribution is -2.64. The van der Waals surface area contributed by atoms with Gasteiger partial charge < -0.3 is 45.4 Å². The molecule has 0 saturated carbocycles. The van der Waals surface area contributed by atoms with Crippen LogP contribution in [0, 0.1) is 5.92 Å². The van der Waals surface area contributed by atoms with Gasteiger partial charge >= 0.3 is 0 Å². The maximum atomic E-state index is 12.8. The number of benzene rings is 2. The zero-order chi connectivity index (χ0) is 32.1. The minimum Gasteiger partial charge on any atom is -0.394 e. The van der Waals surface area contributed by atoms with E-state index in [1.54, 1.807) is 60.7 Å². The standard InChI is InChI=1S/C27H33NO10S.2C2H6/c29-12-18-21(32)16(11-17(31)14-7-3-1-4-8-14)22(33)26(37-18)39-27-24(35)20(23(34)19(13-30)38-27)28-25(36)15-9-5-2-6-10-15;2*1-2/h1-10,16,18-24,26-27,29-30,32-35H,11-13H2,(H,28,36);2*1-2H3/t16-,18?,19+,20?,21+,22?,23?,24+,26-,27-;;/m0../s1. The van der Waals surface area contributed by atoms with Crippen molar-refractivity contribution in [1.29, 1.82) is 0 Å². The maximum absolute atomic E-state index is 12.8. The number of rotatable bonds is 9. The molecule has 2 aromatic carbocycles. The van der Waals surface area contributed by atoms with E-state index in [4.69, 9.17) is 9.47 Å². The average Bonchev–Trinajstić information content (AvgIpc) is 3.06. The third-order valence-corrected chi connectivity index (χ3v) is 8.35. The monoisotopic (exact) mass is 623 g/mol. The summed E-state index contributed by atoms with van der Waals surface area (Å²) in [6.45, 7) is 6.78. The second kappa shape index (κ2) is 18.4. The van der Waals surface area contributed by atoms with Crippen molar-refractivity contribution < 1.29 is 49.7 Å². The zero-order valence-electron chi connectivity index (χ0n) is 24.9. The van der Waals surface area contributed by atoms with Gasteiger partial charge in [0.1, 0.15) is 35.3 Å². The molecule has 2 heterocycles. The third-order valence-electron chi connectivity index (χ3n) is 7.03. The summed E-state index contributed by atoms with van der Waals surface area (Å²) in [5, 5.41) is 65.8. The predicted molar refractivity (Wildman–Crippen MR) is 162 cm³/mol. The molecule has 11 nitrogen and oxygen atoms in total. The average molecular weight is 624 g/mol. The number of carbonyl (C=O) groups excluding carboxylic acids is 2. The molecule has 2 aromatic rings. The molecule has 2 fully saturated rings. The van der Waals surface area contributed by atoms with Crippen LogP contribution in [0.1, 0.15) is 54.8 Å². The molecule has 12 heteroatoms. The molecule has 2 saturated heterocycles. The smallest absolute Gasteiger partial charge is 0.251 e. The highest BCUT2D eigenvalue weighted by atomic mass is 32.2. The van der Waals surface area contributed by atoms with E-state index in [1.807, 2.05) is 27.7 Å². The number of ketones is 1. The number of Topliss-reactive ketones (excluding diaryl/α,β-unsaturated/α-hetero) is 1. The molecule has 4 unspecified atom stereocenters. The number of hydrogen-bond acceptors (Lipinski definition) is 11. The Morgan fingerprint density at radius 1 is 0.698 bits per heavy atom. The first kappa shape index (κ1) is 36.8. The van der Waals surface area contributed by atoms with Crippen LogP contribution >= 0.6 is 11.8 Å². The van der Waals surface area contributed by atoms with Gasteiger partial charge in [-0.15, -0.1) is 0 Å². The molecular formula is C31H45NO10S. The van der Waals surface area contributed by atoms with E-state index >= 15 is 0 Å². The van der Waals surface area contributed by atoms with Crippen LogP contribution < -0.4 is 5.32 Å². The Morgan fingerprint density at radius 3 is 1.67 bits per heavy atom. The Kier molecular flexibility index (Phi) is 15.8. The zero-order valence-corrected chi connectivity index (χ0v) is 25.7. The quantitative estimate of drug-likeness (QED) is 0.200. The molecule has 2 aliphatic heterocycles. The molecule has 7 N–H and O–H groups in total. The topological polar surface area (TPSA) is 186 Å². The van der Waals surface area contributed by atoms with Crippen LogP contribution in [-0.4, -0.2) is 109 Å². The van der Waals surface area contributed by atoms with Crippen LogP contribution in [0.2, 0.25) is 0 Å².